The van der Waals surface area contributed by atoms with E-state index in [4.69, 9.17) is 10.8 Å². The maximum atomic E-state index is 13.1. The summed E-state index contributed by atoms with van der Waals surface area (Å²) in [5.74, 6) is -3.10. The molecule has 0 radical (unpaired) electrons. The molecule has 11 nitrogen and oxygen atoms in total. The van der Waals surface area contributed by atoms with E-state index in [1.807, 2.05) is 12.3 Å². The Bertz CT molecular complexity index is 873. The Morgan fingerprint density at radius 1 is 0.971 bits per heavy atom. The van der Waals surface area contributed by atoms with E-state index in [0.717, 1.165) is 5.56 Å². The van der Waals surface area contributed by atoms with Crippen molar-refractivity contribution in [2.45, 2.75) is 43.9 Å². The number of nitrogens with two attached hydrogens (primary N) is 1. The van der Waals surface area contributed by atoms with Crippen molar-refractivity contribution in [2.75, 3.05) is 24.3 Å². The van der Waals surface area contributed by atoms with E-state index in [1.54, 1.807) is 36.0 Å². The number of benzene rings is 1. The highest BCUT2D eigenvalue weighted by Gasteiger charge is 2.29. The molecule has 0 aliphatic carbocycles. The number of hydrogen-bond acceptors (Lipinski definition) is 8. The molecule has 13 heteroatoms. The second-order valence-corrected chi connectivity index (χ2v) is 9.08. The number of carbonyl (C=O) groups excluding carboxylic acids is 4. The molecule has 1 aromatic rings. The Kier molecular flexibility index (Phi) is 13.8. The highest BCUT2D eigenvalue weighted by atomic mass is 32.2. The summed E-state index contributed by atoms with van der Waals surface area (Å²) in [6.07, 6.45) is 2.51. The zero-order valence-electron chi connectivity index (χ0n) is 19.7. The fraction of sp³-hybridized carbons (Fsp3) is 0.500. The Balaban J connectivity index is 2.87. The third kappa shape index (κ3) is 11.5. The second kappa shape index (κ2) is 16.0. The van der Waals surface area contributed by atoms with Crippen LogP contribution in [-0.2, 0) is 30.4 Å². The molecule has 0 aliphatic rings. The van der Waals surface area contributed by atoms with Crippen LogP contribution in [0.1, 0.15) is 18.9 Å². The molecular weight excluding hydrogens is 494 g/mol. The monoisotopic (exact) mass is 527 g/mol. The molecular formula is C22H33N5O6S2. The number of carboxylic acid groups (broad SMARTS) is 1. The number of thiol groups is 1. The molecule has 4 unspecified atom stereocenters. The average Bonchev–Trinajstić information content (AvgIpc) is 2.83. The van der Waals surface area contributed by atoms with Crippen LogP contribution in [0, 0.1) is 0 Å². The third-order valence-corrected chi connectivity index (χ3v) is 5.88. The zero-order chi connectivity index (χ0) is 26.4. The van der Waals surface area contributed by atoms with Crippen LogP contribution in [0.3, 0.4) is 0 Å². The third-order valence-electron chi connectivity index (χ3n) is 4.87. The van der Waals surface area contributed by atoms with Crippen molar-refractivity contribution in [3.05, 3.63) is 35.9 Å². The van der Waals surface area contributed by atoms with Crippen molar-refractivity contribution in [1.29, 1.82) is 0 Å². The Hall–Kier alpha value is -2.77. The first-order valence-electron chi connectivity index (χ1n) is 10.9. The normalized spacial score (nSPS) is 14.1. The van der Waals surface area contributed by atoms with Gasteiger partial charge in [-0.3, -0.25) is 24.0 Å². The number of amides is 4. The molecule has 0 saturated heterocycles. The molecule has 0 heterocycles. The van der Waals surface area contributed by atoms with Crippen molar-refractivity contribution >= 4 is 54.0 Å². The van der Waals surface area contributed by atoms with E-state index in [1.165, 1.54) is 6.92 Å². The number of aliphatic carboxylic acids is 1. The van der Waals surface area contributed by atoms with Crippen LogP contribution in [0.2, 0.25) is 0 Å². The van der Waals surface area contributed by atoms with Gasteiger partial charge in [-0.05, 0) is 30.9 Å². The number of nitrogens with one attached hydrogen (secondary N) is 4. The van der Waals surface area contributed by atoms with Crippen molar-refractivity contribution < 1.29 is 29.1 Å². The molecule has 194 valence electrons. The molecule has 0 fully saturated rings. The molecule has 4 atom stereocenters. The van der Waals surface area contributed by atoms with Gasteiger partial charge < -0.3 is 32.1 Å². The predicted molar refractivity (Wildman–Crippen MR) is 137 cm³/mol. The zero-order valence-corrected chi connectivity index (χ0v) is 21.4. The maximum Gasteiger partial charge on any atom is 0.322 e. The Labute approximate surface area is 214 Å². The average molecular weight is 528 g/mol. The fourth-order valence-corrected chi connectivity index (χ4v) is 3.62. The minimum absolute atomic E-state index is 0.0831. The number of thioether (sulfide) groups is 1. The van der Waals surface area contributed by atoms with Crippen LogP contribution in [0.25, 0.3) is 0 Å². The van der Waals surface area contributed by atoms with Crippen molar-refractivity contribution in [3.8, 4) is 0 Å². The van der Waals surface area contributed by atoms with E-state index in [0.29, 0.717) is 12.2 Å². The fourth-order valence-electron chi connectivity index (χ4n) is 2.88. The summed E-state index contributed by atoms with van der Waals surface area (Å²) in [5, 5.41) is 18.4. The van der Waals surface area contributed by atoms with Gasteiger partial charge in [-0.15, -0.1) is 0 Å². The second-order valence-electron chi connectivity index (χ2n) is 7.72. The predicted octanol–water partition coefficient (Wildman–Crippen LogP) is -1.09. The van der Waals surface area contributed by atoms with Gasteiger partial charge in [0.2, 0.25) is 23.6 Å². The number of carbonyl (C=O) groups is 5. The molecule has 7 N–H and O–H groups in total. The minimum Gasteiger partial charge on any atom is -0.480 e. The first kappa shape index (κ1) is 30.3. The molecule has 4 amide bonds. The molecule has 0 aliphatic heterocycles. The highest BCUT2D eigenvalue weighted by Crippen LogP contribution is 2.06. The summed E-state index contributed by atoms with van der Waals surface area (Å²) in [5.41, 5.74) is 6.73. The first-order valence-corrected chi connectivity index (χ1v) is 12.9. The molecule has 1 aromatic carbocycles. The molecule has 0 saturated carbocycles. The van der Waals surface area contributed by atoms with Gasteiger partial charge in [0.1, 0.15) is 24.7 Å². The lowest BCUT2D eigenvalue weighted by atomic mass is 10.0. The number of rotatable bonds is 15. The van der Waals surface area contributed by atoms with Crippen molar-refractivity contribution in [1.82, 2.24) is 21.3 Å². The van der Waals surface area contributed by atoms with E-state index < -0.39 is 60.3 Å². The Morgan fingerprint density at radius 3 is 2.14 bits per heavy atom. The maximum absolute atomic E-state index is 13.1. The van der Waals surface area contributed by atoms with Gasteiger partial charge in [0.25, 0.3) is 0 Å². The summed E-state index contributed by atoms with van der Waals surface area (Å²) in [6, 6.07) is 5.09. The summed E-state index contributed by atoms with van der Waals surface area (Å²) in [7, 11) is 0. The standard InChI is InChI=1S/C22H33N5O6S2/c1-13(19(30)24-11-18(28)29)25-22(33)17(12-34)27-21(32)16(10-14-6-4-3-5-7-14)26-20(31)15(23)8-9-35-2/h3-7,13,15-17,34H,8-12,23H2,1-2H3,(H,24,30)(H,25,33)(H,26,31)(H,27,32)(H,28,29). The summed E-state index contributed by atoms with van der Waals surface area (Å²) < 4.78 is 0. The molecule has 35 heavy (non-hydrogen) atoms. The summed E-state index contributed by atoms with van der Waals surface area (Å²) in [4.78, 5) is 60.8. The highest BCUT2D eigenvalue weighted by molar-refractivity contribution is 7.98. The number of carboxylic acids is 1. The van der Waals surface area contributed by atoms with E-state index in [2.05, 4.69) is 33.9 Å². The topological polar surface area (TPSA) is 180 Å². The lowest BCUT2D eigenvalue weighted by Crippen LogP contribution is -2.58. The smallest absolute Gasteiger partial charge is 0.322 e. The van der Waals surface area contributed by atoms with Crippen molar-refractivity contribution in [2.24, 2.45) is 5.73 Å². The molecule has 0 spiro atoms. The lowest BCUT2D eigenvalue weighted by Gasteiger charge is -2.24. The Morgan fingerprint density at radius 2 is 1.57 bits per heavy atom. The first-order chi connectivity index (χ1) is 16.6. The largest absolute Gasteiger partial charge is 0.480 e. The van der Waals surface area contributed by atoms with Gasteiger partial charge in [0.15, 0.2) is 0 Å². The van der Waals surface area contributed by atoms with Gasteiger partial charge in [-0.1, -0.05) is 30.3 Å². The van der Waals surface area contributed by atoms with Crippen LogP contribution >= 0.6 is 24.4 Å². The minimum atomic E-state index is -1.22. The van der Waals surface area contributed by atoms with E-state index >= 15 is 0 Å². The van der Waals surface area contributed by atoms with Crippen LogP contribution in [0.4, 0.5) is 0 Å². The van der Waals surface area contributed by atoms with Crippen LogP contribution in [0.5, 0.6) is 0 Å². The molecule has 0 aromatic heterocycles. The van der Waals surface area contributed by atoms with Crippen LogP contribution in [-0.4, -0.2) is 83.2 Å². The number of hydrogen-bond donors (Lipinski definition) is 7. The van der Waals surface area contributed by atoms with E-state index in [-0.39, 0.29) is 12.2 Å². The van der Waals surface area contributed by atoms with Gasteiger partial charge in [0.05, 0.1) is 6.04 Å². The lowest BCUT2D eigenvalue weighted by molar-refractivity contribution is -0.138. The van der Waals surface area contributed by atoms with Crippen molar-refractivity contribution in [3.63, 3.8) is 0 Å². The van der Waals surface area contributed by atoms with E-state index in [9.17, 15) is 24.0 Å². The SMILES string of the molecule is CSCCC(N)C(=O)NC(Cc1ccccc1)C(=O)NC(CS)C(=O)NC(C)C(=O)NCC(=O)O. The summed E-state index contributed by atoms with van der Waals surface area (Å²) in [6.45, 7) is 0.784. The van der Waals surface area contributed by atoms with Gasteiger partial charge >= 0.3 is 5.97 Å². The van der Waals surface area contributed by atoms with Gasteiger partial charge in [-0.2, -0.15) is 24.4 Å². The van der Waals surface area contributed by atoms with Gasteiger partial charge in [0, 0.05) is 12.2 Å². The molecule has 0 bridgehead atoms. The van der Waals surface area contributed by atoms with Crippen LogP contribution < -0.4 is 27.0 Å². The molecule has 1 rings (SSSR count). The quantitative estimate of drug-likeness (QED) is 0.141. The summed E-state index contributed by atoms with van der Waals surface area (Å²) >= 11 is 5.67. The van der Waals surface area contributed by atoms with Crippen LogP contribution in [0.15, 0.2) is 30.3 Å². The van der Waals surface area contributed by atoms with Gasteiger partial charge in [-0.25, -0.2) is 0 Å².